The predicted molar refractivity (Wildman–Crippen MR) is 117 cm³/mol. The van der Waals surface area contributed by atoms with Gasteiger partial charge in [-0.1, -0.05) is 36.0 Å². The molecule has 0 radical (unpaired) electrons. The maximum atomic E-state index is 12.6. The number of aryl methyl sites for hydroxylation is 1. The molecule has 2 N–H and O–H groups in total. The summed E-state index contributed by atoms with van der Waals surface area (Å²) in [6.45, 7) is 3.67. The van der Waals surface area contributed by atoms with Crippen LogP contribution in [0.25, 0.3) is 17.1 Å². The number of amides is 1. The van der Waals surface area contributed by atoms with E-state index < -0.39 is 21.2 Å². The summed E-state index contributed by atoms with van der Waals surface area (Å²) >= 11 is 1.20. The van der Waals surface area contributed by atoms with Gasteiger partial charge in [-0.2, -0.15) is 0 Å². The van der Waals surface area contributed by atoms with Gasteiger partial charge >= 0.3 is 0 Å². The lowest BCUT2D eigenvalue weighted by molar-refractivity contribution is -0.117. The van der Waals surface area contributed by atoms with Gasteiger partial charge in [-0.25, -0.2) is 12.7 Å². The van der Waals surface area contributed by atoms with E-state index in [9.17, 15) is 13.2 Å². The van der Waals surface area contributed by atoms with Crippen molar-refractivity contribution in [2.24, 2.45) is 5.73 Å². The van der Waals surface area contributed by atoms with Crippen molar-refractivity contribution in [3.05, 3.63) is 54.1 Å². The lowest BCUT2D eigenvalue weighted by atomic mass is 10.2. The van der Waals surface area contributed by atoms with E-state index in [2.05, 4.69) is 10.2 Å². The number of rotatable bonds is 7. The van der Waals surface area contributed by atoms with Gasteiger partial charge in [0.05, 0.1) is 10.1 Å². The minimum Gasteiger partial charge on any atom is -0.369 e. The third-order valence-corrected chi connectivity index (χ3v) is 7.32. The number of hydrogen-bond donors (Lipinski definition) is 1. The normalized spacial score (nSPS) is 12.8. The molecule has 30 heavy (non-hydrogen) atoms. The first-order valence-corrected chi connectivity index (χ1v) is 11.4. The van der Waals surface area contributed by atoms with Crippen LogP contribution in [-0.4, -0.2) is 52.7 Å². The average Bonchev–Trinajstić information content (AvgIpc) is 3.11. The van der Waals surface area contributed by atoms with Crippen LogP contribution in [0.2, 0.25) is 0 Å². The molecule has 3 aromatic rings. The first-order valence-electron chi connectivity index (χ1n) is 9.12. The Morgan fingerprint density at radius 2 is 1.83 bits per heavy atom. The molecular weight excluding hydrogens is 422 g/mol. The summed E-state index contributed by atoms with van der Waals surface area (Å²) < 4.78 is 28.1. The summed E-state index contributed by atoms with van der Waals surface area (Å²) in [5.74, 6) is 0.00925. The number of nitrogens with two attached hydrogens (primary N) is 1. The Bertz CT molecular complexity index is 1190. The smallest absolute Gasteiger partial charge is 0.242 e. The number of carbonyl (C=O) groups is 1. The van der Waals surface area contributed by atoms with Gasteiger partial charge in [0.25, 0.3) is 0 Å². The van der Waals surface area contributed by atoms with Crippen molar-refractivity contribution in [3.8, 4) is 17.1 Å². The summed E-state index contributed by atoms with van der Waals surface area (Å²) in [6, 6.07) is 14.3. The maximum Gasteiger partial charge on any atom is 0.242 e. The molecule has 0 saturated heterocycles. The van der Waals surface area contributed by atoms with Crippen molar-refractivity contribution in [1.82, 2.24) is 19.1 Å². The molecule has 0 saturated carbocycles. The van der Waals surface area contributed by atoms with Crippen LogP contribution in [-0.2, 0) is 14.8 Å². The number of thioether (sulfide) groups is 1. The Morgan fingerprint density at radius 3 is 2.47 bits per heavy atom. The fourth-order valence-electron chi connectivity index (χ4n) is 2.76. The van der Waals surface area contributed by atoms with Crippen molar-refractivity contribution in [1.29, 1.82) is 0 Å². The fourth-order valence-corrected chi connectivity index (χ4v) is 4.52. The SMILES string of the molecule is Cc1cccc(-n2c(S[C@@H](C)C(N)=O)nnc2-c2cccc(S(=O)(=O)N(C)C)c2)c1. The Balaban J connectivity index is 2.19. The highest BCUT2D eigenvalue weighted by atomic mass is 32.2. The van der Waals surface area contributed by atoms with Crippen molar-refractivity contribution >= 4 is 27.7 Å². The molecule has 0 aliphatic heterocycles. The number of primary amides is 1. The van der Waals surface area contributed by atoms with Gasteiger partial charge in [-0.15, -0.1) is 10.2 Å². The van der Waals surface area contributed by atoms with Gasteiger partial charge in [-0.3, -0.25) is 9.36 Å². The number of hydrogen-bond acceptors (Lipinski definition) is 6. The zero-order valence-electron chi connectivity index (χ0n) is 17.1. The van der Waals surface area contributed by atoms with Crippen LogP contribution < -0.4 is 5.73 Å². The second kappa shape index (κ2) is 8.58. The molecule has 8 nitrogen and oxygen atoms in total. The van der Waals surface area contributed by atoms with E-state index in [1.165, 1.54) is 31.9 Å². The first kappa shape index (κ1) is 22.0. The minimum atomic E-state index is -3.61. The molecule has 0 fully saturated rings. The molecule has 1 amide bonds. The van der Waals surface area contributed by atoms with Crippen molar-refractivity contribution < 1.29 is 13.2 Å². The Kier molecular flexibility index (Phi) is 6.30. The topological polar surface area (TPSA) is 111 Å². The molecule has 0 bridgehead atoms. The maximum absolute atomic E-state index is 12.6. The second-order valence-corrected chi connectivity index (χ2v) is 10.4. The number of sulfonamides is 1. The third kappa shape index (κ3) is 4.40. The minimum absolute atomic E-state index is 0.156. The van der Waals surface area contributed by atoms with Crippen LogP contribution in [0.4, 0.5) is 0 Å². The highest BCUT2D eigenvalue weighted by molar-refractivity contribution is 8.00. The van der Waals surface area contributed by atoms with Crippen LogP contribution in [0.15, 0.2) is 58.6 Å². The highest BCUT2D eigenvalue weighted by Crippen LogP contribution is 2.31. The Morgan fingerprint density at radius 1 is 1.13 bits per heavy atom. The van der Waals surface area contributed by atoms with Crippen molar-refractivity contribution in [2.45, 2.75) is 29.1 Å². The van der Waals surface area contributed by atoms with Gasteiger partial charge < -0.3 is 5.73 Å². The van der Waals surface area contributed by atoms with Gasteiger partial charge in [0.2, 0.25) is 15.9 Å². The summed E-state index contributed by atoms with van der Waals surface area (Å²) in [7, 11) is -0.639. The quantitative estimate of drug-likeness (QED) is 0.559. The lowest BCUT2D eigenvalue weighted by Crippen LogP contribution is -2.23. The summed E-state index contributed by atoms with van der Waals surface area (Å²) in [6.07, 6.45) is 0. The fraction of sp³-hybridized carbons (Fsp3) is 0.250. The third-order valence-electron chi connectivity index (χ3n) is 4.45. The van der Waals surface area contributed by atoms with Crippen LogP contribution >= 0.6 is 11.8 Å². The predicted octanol–water partition coefficient (Wildman–Crippen LogP) is 2.46. The number of benzene rings is 2. The summed E-state index contributed by atoms with van der Waals surface area (Å²) in [5, 5.41) is 8.54. The number of aromatic nitrogens is 3. The van der Waals surface area contributed by atoms with Crippen molar-refractivity contribution in [2.75, 3.05) is 14.1 Å². The summed E-state index contributed by atoms with van der Waals surface area (Å²) in [5.41, 5.74) is 7.85. The molecule has 0 aliphatic carbocycles. The van der Waals surface area contributed by atoms with Crippen LogP contribution in [0.3, 0.4) is 0 Å². The molecule has 10 heteroatoms. The number of carbonyl (C=O) groups excluding carboxylic acids is 1. The number of nitrogens with zero attached hydrogens (tertiary/aromatic N) is 4. The molecule has 0 aliphatic rings. The monoisotopic (exact) mass is 445 g/mol. The van der Waals surface area contributed by atoms with Crippen LogP contribution in [0, 0.1) is 6.92 Å². The van der Waals surface area contributed by atoms with Gasteiger partial charge in [0, 0.05) is 25.3 Å². The van der Waals surface area contributed by atoms with Crippen LogP contribution in [0.5, 0.6) is 0 Å². The molecular formula is C20H23N5O3S2. The molecule has 1 heterocycles. The lowest BCUT2D eigenvalue weighted by Gasteiger charge is -2.14. The van der Waals surface area contributed by atoms with E-state index in [4.69, 9.17) is 5.73 Å². The molecule has 1 atom stereocenters. The standard InChI is InChI=1S/C20H23N5O3S2/c1-13-7-5-9-16(11-13)25-19(22-23-20(25)29-14(2)18(21)26)15-8-6-10-17(12-15)30(27,28)24(3)4/h5-12,14H,1-4H3,(H2,21,26)/t14-/m0/s1. The Hall–Kier alpha value is -2.69. The van der Waals surface area contributed by atoms with Crippen molar-refractivity contribution in [3.63, 3.8) is 0 Å². The van der Waals surface area contributed by atoms with Gasteiger partial charge in [0.15, 0.2) is 11.0 Å². The molecule has 158 valence electrons. The van der Waals surface area contributed by atoms with E-state index >= 15 is 0 Å². The van der Waals surface area contributed by atoms with E-state index in [1.54, 1.807) is 29.7 Å². The van der Waals surface area contributed by atoms with E-state index in [0.717, 1.165) is 15.6 Å². The first-order chi connectivity index (χ1) is 14.1. The second-order valence-electron chi connectivity index (χ2n) is 6.96. The largest absolute Gasteiger partial charge is 0.369 e. The molecule has 3 rings (SSSR count). The molecule has 1 aromatic heterocycles. The van der Waals surface area contributed by atoms with Crippen LogP contribution in [0.1, 0.15) is 12.5 Å². The van der Waals surface area contributed by atoms with E-state index in [1.807, 2.05) is 31.2 Å². The van der Waals surface area contributed by atoms with Gasteiger partial charge in [0.1, 0.15) is 0 Å². The zero-order chi connectivity index (χ0) is 22.1. The highest BCUT2D eigenvalue weighted by Gasteiger charge is 2.23. The summed E-state index contributed by atoms with van der Waals surface area (Å²) in [4.78, 5) is 11.7. The Labute approximate surface area is 180 Å². The molecule has 2 aromatic carbocycles. The van der Waals surface area contributed by atoms with Gasteiger partial charge in [-0.05, 0) is 43.7 Å². The average molecular weight is 446 g/mol. The van der Waals surface area contributed by atoms with E-state index in [-0.39, 0.29) is 4.90 Å². The molecule has 0 unspecified atom stereocenters. The molecule has 0 spiro atoms. The zero-order valence-corrected chi connectivity index (χ0v) is 18.7. The van der Waals surface area contributed by atoms with E-state index in [0.29, 0.717) is 16.5 Å².